The topological polar surface area (TPSA) is 117 Å². The van der Waals surface area contributed by atoms with Gasteiger partial charge in [0.05, 0.1) is 25.0 Å². The summed E-state index contributed by atoms with van der Waals surface area (Å²) in [6, 6.07) is 10.6. The number of allylic oxidation sites excluding steroid dienone is 1. The van der Waals surface area contributed by atoms with Crippen LogP contribution in [-0.4, -0.2) is 46.6 Å². The van der Waals surface area contributed by atoms with E-state index in [1.54, 1.807) is 33.1 Å². The minimum absolute atomic E-state index is 0.0490. The third-order valence-corrected chi connectivity index (χ3v) is 5.67. The third kappa shape index (κ3) is 5.23. The molecular formula is C23H24N2O6S. The van der Waals surface area contributed by atoms with Crippen LogP contribution in [-0.2, 0) is 9.53 Å². The molecule has 0 bridgehead atoms. The van der Waals surface area contributed by atoms with Crippen molar-refractivity contribution in [2.24, 2.45) is 4.99 Å². The first-order valence-electron chi connectivity index (χ1n) is 9.88. The highest BCUT2D eigenvalue weighted by Crippen LogP contribution is 2.34. The molecule has 0 saturated heterocycles. The van der Waals surface area contributed by atoms with Gasteiger partial charge in [-0.1, -0.05) is 23.9 Å². The fourth-order valence-electron chi connectivity index (χ4n) is 3.14. The lowest BCUT2D eigenvalue weighted by atomic mass is 9.96. The van der Waals surface area contributed by atoms with Gasteiger partial charge in [0.15, 0.2) is 22.4 Å². The van der Waals surface area contributed by atoms with Gasteiger partial charge in [0, 0.05) is 11.3 Å². The number of phenolic OH excluding ortho intramolecular Hbond substituents is 2. The number of amidine groups is 1. The molecule has 1 unspecified atom stereocenters. The van der Waals surface area contributed by atoms with Crippen LogP contribution in [0.15, 0.2) is 58.7 Å². The van der Waals surface area contributed by atoms with Crippen molar-refractivity contribution in [3.8, 4) is 17.2 Å². The van der Waals surface area contributed by atoms with Gasteiger partial charge >= 0.3 is 5.97 Å². The number of rotatable bonds is 7. The lowest BCUT2D eigenvalue weighted by Gasteiger charge is -2.25. The molecule has 0 aliphatic carbocycles. The number of benzene rings is 2. The van der Waals surface area contributed by atoms with Crippen molar-refractivity contribution >= 4 is 28.7 Å². The summed E-state index contributed by atoms with van der Waals surface area (Å²) in [5, 5.41) is 22.6. The van der Waals surface area contributed by atoms with Crippen molar-refractivity contribution in [1.29, 1.82) is 0 Å². The molecule has 0 spiro atoms. The molecule has 0 saturated carbocycles. The van der Waals surface area contributed by atoms with Gasteiger partial charge in [-0.15, -0.1) is 0 Å². The lowest BCUT2D eigenvalue weighted by Crippen LogP contribution is -2.31. The number of hydrogen-bond donors (Lipinski definition) is 3. The van der Waals surface area contributed by atoms with E-state index in [0.29, 0.717) is 22.2 Å². The van der Waals surface area contributed by atoms with Crippen LogP contribution in [0.25, 0.3) is 0 Å². The number of hydrogen-bond acceptors (Lipinski definition) is 9. The number of carbonyl (C=O) groups excluding carboxylic acids is 2. The Morgan fingerprint density at radius 1 is 1.12 bits per heavy atom. The normalized spacial score (nSPS) is 15.6. The van der Waals surface area contributed by atoms with Crippen molar-refractivity contribution in [3.05, 3.63) is 64.9 Å². The lowest BCUT2D eigenvalue weighted by molar-refractivity contribution is -0.138. The third-order valence-electron chi connectivity index (χ3n) is 4.78. The molecule has 1 aliphatic heterocycles. The van der Waals surface area contributed by atoms with E-state index in [-0.39, 0.29) is 35.2 Å². The molecule has 8 nitrogen and oxygen atoms in total. The molecule has 3 rings (SSSR count). The number of ether oxygens (including phenoxy) is 2. The molecule has 1 heterocycles. The van der Waals surface area contributed by atoms with E-state index in [1.165, 1.54) is 30.0 Å². The fraction of sp³-hybridized carbons (Fsp3) is 0.261. The number of Topliss-reactive ketones (excluding diaryl/α,β-unsaturated/α-hetero) is 1. The summed E-state index contributed by atoms with van der Waals surface area (Å²) in [5.41, 5.74) is 2.05. The second-order valence-electron chi connectivity index (χ2n) is 6.91. The number of aromatic hydroxyl groups is 2. The first-order chi connectivity index (χ1) is 15.3. The van der Waals surface area contributed by atoms with Crippen LogP contribution in [0, 0.1) is 0 Å². The quantitative estimate of drug-likeness (QED) is 0.329. The Kier molecular flexibility index (Phi) is 7.42. The molecular weight excluding hydrogens is 432 g/mol. The van der Waals surface area contributed by atoms with E-state index in [9.17, 15) is 19.8 Å². The molecule has 0 fully saturated rings. The van der Waals surface area contributed by atoms with E-state index >= 15 is 0 Å². The first kappa shape index (κ1) is 23.2. The van der Waals surface area contributed by atoms with E-state index in [1.807, 2.05) is 12.1 Å². The molecule has 0 amide bonds. The van der Waals surface area contributed by atoms with E-state index in [2.05, 4.69) is 10.3 Å². The molecule has 1 atom stereocenters. The average Bonchev–Trinajstić information content (AvgIpc) is 2.79. The molecule has 0 radical (unpaired) electrons. The number of methoxy groups -OCH3 is 1. The average molecular weight is 457 g/mol. The highest BCUT2D eigenvalue weighted by Gasteiger charge is 2.30. The van der Waals surface area contributed by atoms with E-state index in [0.717, 1.165) is 5.56 Å². The van der Waals surface area contributed by atoms with Gasteiger partial charge in [0.2, 0.25) is 0 Å². The molecule has 3 N–H and O–H groups in total. The molecule has 2 aromatic rings. The maximum absolute atomic E-state index is 12.6. The summed E-state index contributed by atoms with van der Waals surface area (Å²) in [7, 11) is 1.57. The highest BCUT2D eigenvalue weighted by atomic mass is 32.2. The van der Waals surface area contributed by atoms with Crippen LogP contribution in [0.2, 0.25) is 0 Å². The van der Waals surface area contributed by atoms with Gasteiger partial charge in [0.25, 0.3) is 0 Å². The van der Waals surface area contributed by atoms with Crippen molar-refractivity contribution in [1.82, 2.24) is 5.32 Å². The SMILES string of the molecule is CCOC(=O)C1=C(C)NC(SCC(=O)c2ccc(O)c(O)c2)=NC1c1ccc(OC)cc1. The number of carbonyl (C=O) groups is 2. The van der Waals surface area contributed by atoms with Crippen LogP contribution in [0.3, 0.4) is 0 Å². The molecule has 9 heteroatoms. The number of nitrogens with one attached hydrogen (secondary N) is 1. The summed E-state index contributed by atoms with van der Waals surface area (Å²) in [6.07, 6.45) is 0. The zero-order chi connectivity index (χ0) is 23.3. The zero-order valence-corrected chi connectivity index (χ0v) is 18.7. The Bertz CT molecular complexity index is 1080. The highest BCUT2D eigenvalue weighted by molar-refractivity contribution is 8.14. The minimum Gasteiger partial charge on any atom is -0.504 e. The monoisotopic (exact) mass is 456 g/mol. The largest absolute Gasteiger partial charge is 0.504 e. The fourth-order valence-corrected chi connectivity index (χ4v) is 3.98. The summed E-state index contributed by atoms with van der Waals surface area (Å²) in [4.78, 5) is 29.8. The molecule has 0 aromatic heterocycles. The van der Waals surface area contributed by atoms with Crippen molar-refractivity contribution < 1.29 is 29.3 Å². The van der Waals surface area contributed by atoms with E-state index in [4.69, 9.17) is 9.47 Å². The summed E-state index contributed by atoms with van der Waals surface area (Å²) >= 11 is 1.18. The maximum atomic E-state index is 12.6. The Balaban J connectivity index is 1.83. The van der Waals surface area contributed by atoms with Crippen LogP contribution < -0.4 is 10.1 Å². The van der Waals surface area contributed by atoms with Crippen LogP contribution in [0.4, 0.5) is 0 Å². The minimum atomic E-state index is -0.600. The molecule has 1 aliphatic rings. The van der Waals surface area contributed by atoms with Crippen LogP contribution in [0.1, 0.15) is 35.8 Å². The summed E-state index contributed by atoms with van der Waals surface area (Å²) in [5.74, 6) is -0.612. The number of ketones is 1. The summed E-state index contributed by atoms with van der Waals surface area (Å²) < 4.78 is 10.4. The summed E-state index contributed by atoms with van der Waals surface area (Å²) in [6.45, 7) is 3.74. The van der Waals surface area contributed by atoms with E-state index < -0.39 is 12.0 Å². The Labute approximate surface area is 190 Å². The second kappa shape index (κ2) is 10.2. The standard InChI is InChI=1S/C23H24N2O6S/c1-4-31-22(29)20-13(2)24-23(25-21(20)14-5-8-16(30-3)9-6-14)32-12-19(28)15-7-10-17(26)18(27)11-15/h5-11,21,26-27H,4,12H2,1-3H3,(H,24,25). The number of esters is 1. The predicted molar refractivity (Wildman–Crippen MR) is 122 cm³/mol. The van der Waals surface area contributed by atoms with Crippen LogP contribution in [0.5, 0.6) is 17.2 Å². The molecule has 32 heavy (non-hydrogen) atoms. The maximum Gasteiger partial charge on any atom is 0.338 e. The van der Waals surface area contributed by atoms with Crippen molar-refractivity contribution in [3.63, 3.8) is 0 Å². The van der Waals surface area contributed by atoms with Gasteiger partial charge < -0.3 is 25.0 Å². The van der Waals surface area contributed by atoms with Gasteiger partial charge in [-0.25, -0.2) is 9.79 Å². The number of phenols is 2. The van der Waals surface area contributed by atoms with Gasteiger partial charge in [-0.3, -0.25) is 4.79 Å². The Hall–Kier alpha value is -3.46. The number of thioether (sulfide) groups is 1. The molecule has 2 aromatic carbocycles. The van der Waals surface area contributed by atoms with Gasteiger partial charge in [0.1, 0.15) is 11.8 Å². The molecule has 168 valence electrons. The number of aliphatic imine (C=N–C) groups is 1. The van der Waals surface area contributed by atoms with Crippen molar-refractivity contribution in [2.45, 2.75) is 19.9 Å². The predicted octanol–water partition coefficient (Wildman–Crippen LogP) is 3.56. The van der Waals surface area contributed by atoms with Crippen molar-refractivity contribution in [2.75, 3.05) is 19.5 Å². The first-order valence-corrected chi connectivity index (χ1v) is 10.9. The van der Waals surface area contributed by atoms with Gasteiger partial charge in [-0.2, -0.15) is 0 Å². The smallest absolute Gasteiger partial charge is 0.338 e. The Morgan fingerprint density at radius 2 is 1.84 bits per heavy atom. The van der Waals surface area contributed by atoms with Gasteiger partial charge in [-0.05, 0) is 49.7 Å². The number of nitrogens with zero attached hydrogens (tertiary/aromatic N) is 1. The Morgan fingerprint density at radius 3 is 2.47 bits per heavy atom. The second-order valence-corrected chi connectivity index (χ2v) is 7.87. The van der Waals surface area contributed by atoms with Crippen LogP contribution >= 0.6 is 11.8 Å². The zero-order valence-electron chi connectivity index (χ0n) is 17.9.